The molecule has 0 atom stereocenters. The second kappa shape index (κ2) is 5.20. The van der Waals surface area contributed by atoms with Crippen molar-refractivity contribution in [3.05, 3.63) is 42.5 Å². The fourth-order valence-electron chi connectivity index (χ4n) is 2.70. The van der Waals surface area contributed by atoms with Crippen molar-refractivity contribution in [3.8, 4) is 5.75 Å². The van der Waals surface area contributed by atoms with Crippen molar-refractivity contribution in [1.82, 2.24) is 4.57 Å². The van der Waals surface area contributed by atoms with E-state index in [2.05, 4.69) is 67.9 Å². The number of hydrogen-bond donors (Lipinski definition) is 0. The van der Waals surface area contributed by atoms with Gasteiger partial charge in [-0.25, -0.2) is 0 Å². The van der Waals surface area contributed by atoms with Crippen molar-refractivity contribution in [2.24, 2.45) is 13.0 Å². The number of ether oxygens (including phenoxy) is 1. The smallest absolute Gasteiger partial charge is 0.129 e. The van der Waals surface area contributed by atoms with Gasteiger partial charge in [-0.3, -0.25) is 0 Å². The summed E-state index contributed by atoms with van der Waals surface area (Å²) in [5, 5.41) is 2.50. The zero-order chi connectivity index (χ0) is 14.1. The summed E-state index contributed by atoms with van der Waals surface area (Å²) in [6, 6.07) is 14.8. The average Bonchev–Trinajstić information content (AvgIpc) is 2.74. The molecule has 1 heterocycles. The molecule has 20 heavy (non-hydrogen) atoms. The molecule has 2 aromatic carbocycles. The minimum absolute atomic E-state index is 0.668. The molecule has 0 bridgehead atoms. The third kappa shape index (κ3) is 2.15. The van der Waals surface area contributed by atoms with Gasteiger partial charge >= 0.3 is 0 Å². The van der Waals surface area contributed by atoms with Gasteiger partial charge in [0.05, 0.1) is 12.1 Å². The Bertz CT molecular complexity index is 740. The molecule has 0 radical (unpaired) electrons. The van der Waals surface area contributed by atoms with Gasteiger partial charge in [-0.1, -0.05) is 38.1 Å². The predicted molar refractivity (Wildman–Crippen MR) is 85.4 cm³/mol. The second-order valence-electron chi connectivity index (χ2n) is 5.76. The molecule has 2 heteroatoms. The van der Waals surface area contributed by atoms with Gasteiger partial charge in [0.25, 0.3) is 0 Å². The van der Waals surface area contributed by atoms with E-state index in [0.29, 0.717) is 5.92 Å². The highest BCUT2D eigenvalue weighted by atomic mass is 16.5. The first kappa shape index (κ1) is 13.0. The van der Waals surface area contributed by atoms with Gasteiger partial charge < -0.3 is 9.30 Å². The van der Waals surface area contributed by atoms with E-state index >= 15 is 0 Å². The third-order valence-electron chi connectivity index (χ3n) is 3.85. The Balaban J connectivity index is 2.11. The molecule has 0 aliphatic carbocycles. The van der Waals surface area contributed by atoms with Crippen LogP contribution in [-0.4, -0.2) is 11.2 Å². The number of benzene rings is 2. The van der Waals surface area contributed by atoms with Crippen molar-refractivity contribution < 1.29 is 4.74 Å². The maximum atomic E-state index is 6.04. The van der Waals surface area contributed by atoms with E-state index < -0.39 is 0 Å². The zero-order valence-electron chi connectivity index (χ0n) is 12.4. The molecule has 0 fully saturated rings. The van der Waals surface area contributed by atoms with Gasteiger partial charge in [0.15, 0.2) is 0 Å². The topological polar surface area (TPSA) is 14.2 Å². The summed E-state index contributed by atoms with van der Waals surface area (Å²) in [7, 11) is 2.11. The van der Waals surface area contributed by atoms with E-state index in [1.165, 1.54) is 21.8 Å². The Morgan fingerprint density at radius 1 is 1.00 bits per heavy atom. The highest BCUT2D eigenvalue weighted by molar-refractivity contribution is 6.11. The van der Waals surface area contributed by atoms with Gasteiger partial charge in [0.1, 0.15) is 5.75 Å². The van der Waals surface area contributed by atoms with Crippen LogP contribution in [-0.2, 0) is 7.05 Å². The van der Waals surface area contributed by atoms with E-state index in [0.717, 1.165) is 18.8 Å². The number of para-hydroxylation sites is 1. The lowest BCUT2D eigenvalue weighted by Crippen LogP contribution is -2.01. The molecule has 3 rings (SSSR count). The first-order valence-electron chi connectivity index (χ1n) is 7.27. The minimum atomic E-state index is 0.668. The van der Waals surface area contributed by atoms with Crippen molar-refractivity contribution in [1.29, 1.82) is 0 Å². The lowest BCUT2D eigenvalue weighted by atomic mass is 10.1. The summed E-state index contributed by atoms with van der Waals surface area (Å²) in [5.41, 5.74) is 2.48. The van der Waals surface area contributed by atoms with E-state index in [9.17, 15) is 0 Å². The van der Waals surface area contributed by atoms with Crippen LogP contribution in [0.2, 0.25) is 0 Å². The molecular formula is C18H21NO. The largest absolute Gasteiger partial charge is 0.493 e. The number of aromatic nitrogens is 1. The molecule has 1 aromatic heterocycles. The van der Waals surface area contributed by atoms with Crippen LogP contribution in [0.15, 0.2) is 42.5 Å². The normalized spacial score (nSPS) is 11.6. The van der Waals surface area contributed by atoms with Crippen molar-refractivity contribution in [2.45, 2.75) is 20.3 Å². The van der Waals surface area contributed by atoms with Crippen LogP contribution in [0.25, 0.3) is 21.8 Å². The maximum absolute atomic E-state index is 6.04. The Hall–Kier alpha value is -1.96. The Labute approximate surface area is 120 Å². The first-order valence-corrected chi connectivity index (χ1v) is 7.27. The highest BCUT2D eigenvalue weighted by Crippen LogP contribution is 2.34. The fourth-order valence-corrected chi connectivity index (χ4v) is 2.70. The summed E-state index contributed by atoms with van der Waals surface area (Å²) in [6.07, 6.45) is 1.08. The molecule has 0 saturated heterocycles. The summed E-state index contributed by atoms with van der Waals surface area (Å²) in [5.74, 6) is 1.67. The van der Waals surface area contributed by atoms with Gasteiger partial charge in [-0.15, -0.1) is 0 Å². The molecule has 0 N–H and O–H groups in total. The average molecular weight is 267 g/mol. The number of aryl methyl sites for hydroxylation is 1. The molecule has 0 saturated carbocycles. The van der Waals surface area contributed by atoms with Crippen LogP contribution in [0.1, 0.15) is 20.3 Å². The van der Waals surface area contributed by atoms with Crippen molar-refractivity contribution >= 4 is 21.8 Å². The quantitative estimate of drug-likeness (QED) is 0.665. The molecule has 3 aromatic rings. The number of rotatable bonds is 4. The number of hydrogen-bond acceptors (Lipinski definition) is 1. The lowest BCUT2D eigenvalue weighted by Gasteiger charge is -2.09. The number of fused-ring (bicyclic) bond motifs is 3. The summed E-state index contributed by atoms with van der Waals surface area (Å²) < 4.78 is 8.27. The molecule has 0 unspecified atom stereocenters. The van der Waals surface area contributed by atoms with E-state index in [1.54, 1.807) is 0 Å². The van der Waals surface area contributed by atoms with E-state index in [4.69, 9.17) is 4.74 Å². The zero-order valence-corrected chi connectivity index (χ0v) is 12.4. The van der Waals surface area contributed by atoms with Gasteiger partial charge in [-0.2, -0.15) is 0 Å². The first-order chi connectivity index (χ1) is 9.68. The predicted octanol–water partition coefficient (Wildman–Crippen LogP) is 4.76. The molecule has 0 spiro atoms. The summed E-state index contributed by atoms with van der Waals surface area (Å²) >= 11 is 0. The Morgan fingerprint density at radius 2 is 1.75 bits per heavy atom. The van der Waals surface area contributed by atoms with Gasteiger partial charge in [0.2, 0.25) is 0 Å². The van der Waals surface area contributed by atoms with Crippen LogP contribution in [0, 0.1) is 5.92 Å². The highest BCUT2D eigenvalue weighted by Gasteiger charge is 2.12. The minimum Gasteiger partial charge on any atom is -0.493 e. The van der Waals surface area contributed by atoms with Crippen LogP contribution in [0.4, 0.5) is 0 Å². The summed E-state index contributed by atoms with van der Waals surface area (Å²) in [4.78, 5) is 0. The van der Waals surface area contributed by atoms with E-state index in [1.807, 2.05) is 0 Å². The molecule has 104 valence electrons. The fraction of sp³-hybridized carbons (Fsp3) is 0.333. The standard InChI is InChI=1S/C18H21NO/c1-13(2)11-12-20-17-10-6-9-16-18(17)14-7-4-5-8-15(14)19(16)3/h4-10,13H,11-12H2,1-3H3. The van der Waals surface area contributed by atoms with Gasteiger partial charge in [0, 0.05) is 23.3 Å². The van der Waals surface area contributed by atoms with Crippen LogP contribution < -0.4 is 4.74 Å². The van der Waals surface area contributed by atoms with Crippen LogP contribution in [0.3, 0.4) is 0 Å². The molecule has 0 aliphatic rings. The second-order valence-corrected chi connectivity index (χ2v) is 5.76. The van der Waals surface area contributed by atoms with Crippen molar-refractivity contribution in [3.63, 3.8) is 0 Å². The molecule has 0 amide bonds. The van der Waals surface area contributed by atoms with Crippen LogP contribution in [0.5, 0.6) is 5.75 Å². The lowest BCUT2D eigenvalue weighted by molar-refractivity contribution is 0.293. The van der Waals surface area contributed by atoms with Crippen molar-refractivity contribution in [2.75, 3.05) is 6.61 Å². The molecule has 0 aliphatic heterocycles. The Morgan fingerprint density at radius 3 is 2.55 bits per heavy atom. The van der Waals surface area contributed by atoms with E-state index in [-0.39, 0.29) is 0 Å². The maximum Gasteiger partial charge on any atom is 0.129 e. The molecule has 2 nitrogen and oxygen atoms in total. The summed E-state index contributed by atoms with van der Waals surface area (Å²) in [6.45, 7) is 5.23. The Kier molecular flexibility index (Phi) is 3.39. The monoisotopic (exact) mass is 267 g/mol. The molecular weight excluding hydrogens is 246 g/mol. The van der Waals surface area contributed by atoms with Gasteiger partial charge in [-0.05, 0) is 30.5 Å². The van der Waals surface area contributed by atoms with Crippen LogP contribution >= 0.6 is 0 Å². The SMILES string of the molecule is CC(C)CCOc1cccc2c1c1ccccc1n2C. The third-order valence-corrected chi connectivity index (χ3v) is 3.85. The number of nitrogens with zero attached hydrogens (tertiary/aromatic N) is 1.